The van der Waals surface area contributed by atoms with Crippen molar-refractivity contribution in [1.82, 2.24) is 5.32 Å². The first-order valence-corrected chi connectivity index (χ1v) is 8.69. The Labute approximate surface area is 161 Å². The fraction of sp³-hybridized carbons (Fsp3) is 0.200. The summed E-state index contributed by atoms with van der Waals surface area (Å²) in [6, 6.07) is 11.0. The Bertz CT molecular complexity index is 951. The maximum atomic E-state index is 12.5. The number of hydrogen-bond acceptors (Lipinski definition) is 5. The number of rotatable bonds is 7. The molecule has 8 nitrogen and oxygen atoms in total. The van der Waals surface area contributed by atoms with Crippen molar-refractivity contribution in [2.45, 2.75) is 18.9 Å². The number of ether oxygens (including phenoxy) is 1. The van der Waals surface area contributed by atoms with E-state index in [2.05, 4.69) is 10.6 Å². The summed E-state index contributed by atoms with van der Waals surface area (Å²) in [6.07, 6.45) is 4.43. The topological polar surface area (TPSA) is 111 Å². The van der Waals surface area contributed by atoms with Gasteiger partial charge in [0.2, 0.25) is 5.91 Å². The first-order chi connectivity index (χ1) is 13.5. The molecule has 0 spiro atoms. The molecule has 144 valence electrons. The third-order valence-corrected chi connectivity index (χ3v) is 4.19. The second-order valence-corrected chi connectivity index (χ2v) is 6.30. The number of methoxy groups -OCH3 is 1. The monoisotopic (exact) mass is 381 g/mol. The van der Waals surface area contributed by atoms with Gasteiger partial charge in [-0.15, -0.1) is 0 Å². The maximum Gasteiger partial charge on any atom is 0.276 e. The number of anilines is 1. The number of hydrogen-bond donors (Lipinski definition) is 2. The van der Waals surface area contributed by atoms with Gasteiger partial charge in [0.1, 0.15) is 5.75 Å². The highest BCUT2D eigenvalue weighted by molar-refractivity contribution is 6.08. The molecule has 0 atom stereocenters. The first-order valence-electron chi connectivity index (χ1n) is 8.69. The molecule has 8 heteroatoms. The highest BCUT2D eigenvalue weighted by Gasteiger charge is 2.25. The fourth-order valence-corrected chi connectivity index (χ4v) is 2.57. The molecule has 28 heavy (non-hydrogen) atoms. The third kappa shape index (κ3) is 4.73. The molecule has 0 unspecified atom stereocenters. The Kier molecular flexibility index (Phi) is 5.69. The predicted molar refractivity (Wildman–Crippen MR) is 104 cm³/mol. The van der Waals surface area contributed by atoms with Gasteiger partial charge in [0.15, 0.2) is 0 Å². The number of para-hydroxylation sites is 1. The van der Waals surface area contributed by atoms with Crippen molar-refractivity contribution in [2.75, 3.05) is 12.4 Å². The molecule has 2 aromatic rings. The molecule has 0 radical (unpaired) electrons. The van der Waals surface area contributed by atoms with Crippen molar-refractivity contribution in [2.24, 2.45) is 0 Å². The summed E-state index contributed by atoms with van der Waals surface area (Å²) < 4.78 is 5.16. The summed E-state index contributed by atoms with van der Waals surface area (Å²) in [4.78, 5) is 35.3. The first kappa shape index (κ1) is 19.1. The number of carbonyl (C=O) groups excluding carboxylic acids is 2. The van der Waals surface area contributed by atoms with Gasteiger partial charge in [-0.3, -0.25) is 19.7 Å². The summed E-state index contributed by atoms with van der Waals surface area (Å²) in [5.74, 6) is -0.308. The number of nitrogens with zero attached hydrogens (tertiary/aromatic N) is 1. The fourth-order valence-electron chi connectivity index (χ4n) is 2.57. The van der Waals surface area contributed by atoms with Gasteiger partial charge in [-0.05, 0) is 43.2 Å². The zero-order valence-electron chi connectivity index (χ0n) is 15.2. The van der Waals surface area contributed by atoms with Crippen LogP contribution in [0.1, 0.15) is 28.8 Å². The van der Waals surface area contributed by atoms with Crippen LogP contribution in [0.15, 0.2) is 48.5 Å². The number of nitro groups is 1. The summed E-state index contributed by atoms with van der Waals surface area (Å²) in [6.45, 7) is 0. The minimum Gasteiger partial charge on any atom is -0.497 e. The number of carbonyl (C=O) groups is 2. The molecule has 0 aromatic heterocycles. The van der Waals surface area contributed by atoms with Gasteiger partial charge in [-0.1, -0.05) is 12.1 Å². The lowest BCUT2D eigenvalue weighted by Gasteiger charge is -2.12. The molecular formula is C20H19N3O5. The zero-order valence-corrected chi connectivity index (χ0v) is 15.2. The average molecular weight is 381 g/mol. The second-order valence-electron chi connectivity index (χ2n) is 6.30. The summed E-state index contributed by atoms with van der Waals surface area (Å²) in [7, 11) is 1.49. The molecular weight excluding hydrogens is 362 g/mol. The largest absolute Gasteiger partial charge is 0.497 e. The Balaban J connectivity index is 1.78. The van der Waals surface area contributed by atoms with Gasteiger partial charge in [0, 0.05) is 18.2 Å². The normalized spacial score (nSPS) is 13.2. The lowest BCUT2D eigenvalue weighted by atomic mass is 10.1. The molecule has 0 heterocycles. The predicted octanol–water partition coefficient (Wildman–Crippen LogP) is 3.15. The molecule has 2 aromatic carbocycles. The van der Waals surface area contributed by atoms with E-state index >= 15 is 0 Å². The molecule has 1 saturated carbocycles. The molecule has 3 rings (SSSR count). The van der Waals surface area contributed by atoms with Crippen molar-refractivity contribution in [3.8, 4) is 5.75 Å². The third-order valence-electron chi connectivity index (χ3n) is 4.19. The van der Waals surface area contributed by atoms with Crippen molar-refractivity contribution in [1.29, 1.82) is 0 Å². The van der Waals surface area contributed by atoms with Crippen LogP contribution in [0.3, 0.4) is 0 Å². The van der Waals surface area contributed by atoms with E-state index < -0.39 is 10.8 Å². The molecule has 1 aliphatic carbocycles. The van der Waals surface area contributed by atoms with Crippen molar-refractivity contribution < 1.29 is 19.2 Å². The van der Waals surface area contributed by atoms with E-state index in [4.69, 9.17) is 4.74 Å². The van der Waals surface area contributed by atoms with Crippen molar-refractivity contribution >= 4 is 29.3 Å². The molecule has 0 saturated heterocycles. The minimum absolute atomic E-state index is 0.0968. The van der Waals surface area contributed by atoms with Gasteiger partial charge in [0.05, 0.1) is 28.8 Å². The summed E-state index contributed by atoms with van der Waals surface area (Å²) >= 11 is 0. The lowest BCUT2D eigenvalue weighted by molar-refractivity contribution is -0.385. The van der Waals surface area contributed by atoms with Gasteiger partial charge in [-0.2, -0.15) is 0 Å². The van der Waals surface area contributed by atoms with E-state index in [1.165, 1.54) is 25.3 Å². The van der Waals surface area contributed by atoms with Crippen LogP contribution >= 0.6 is 0 Å². The van der Waals surface area contributed by atoms with Crippen LogP contribution in [0.4, 0.5) is 11.4 Å². The van der Waals surface area contributed by atoms with Gasteiger partial charge in [-0.25, -0.2) is 0 Å². The molecule has 0 bridgehead atoms. The highest BCUT2D eigenvalue weighted by atomic mass is 16.6. The minimum atomic E-state index is -0.513. The smallest absolute Gasteiger partial charge is 0.276 e. The molecule has 2 N–H and O–H groups in total. The molecule has 0 aliphatic heterocycles. The Hall–Kier alpha value is -3.68. The standard InChI is InChI=1S/C20H19N3O5/c1-28-15-9-10-17(16(12-15)20(25)21-14-7-8-14)22-19(24)11-6-13-4-2-3-5-18(13)23(26)27/h2-6,9-12,14H,7-8H2,1H3,(H,21,25)(H,22,24)/b11-6+. The molecule has 1 fully saturated rings. The van der Waals surface area contributed by atoms with Crippen LogP contribution < -0.4 is 15.4 Å². The lowest BCUT2D eigenvalue weighted by Crippen LogP contribution is -2.26. The van der Waals surface area contributed by atoms with Gasteiger partial charge in [0.25, 0.3) is 11.6 Å². The quantitative estimate of drug-likeness (QED) is 0.435. The number of amides is 2. The van der Waals surface area contributed by atoms with E-state index in [1.807, 2.05) is 0 Å². The summed E-state index contributed by atoms with van der Waals surface area (Å²) in [5.41, 5.74) is 0.833. The average Bonchev–Trinajstić information content (AvgIpc) is 3.50. The molecule has 1 aliphatic rings. The van der Waals surface area contributed by atoms with Crippen LogP contribution in [-0.2, 0) is 4.79 Å². The highest BCUT2D eigenvalue weighted by Crippen LogP contribution is 2.25. The Morgan fingerprint density at radius 1 is 1.21 bits per heavy atom. The van der Waals surface area contributed by atoms with Crippen molar-refractivity contribution in [3.05, 3.63) is 69.8 Å². The van der Waals surface area contributed by atoms with Crippen LogP contribution in [0, 0.1) is 10.1 Å². The SMILES string of the molecule is COc1ccc(NC(=O)/C=C/c2ccccc2[N+](=O)[O-])c(C(=O)NC2CC2)c1. The zero-order chi connectivity index (χ0) is 20.1. The van der Waals surface area contributed by atoms with E-state index in [-0.39, 0.29) is 17.6 Å². The van der Waals surface area contributed by atoms with Crippen LogP contribution in [0.5, 0.6) is 5.75 Å². The van der Waals surface area contributed by atoms with E-state index in [9.17, 15) is 19.7 Å². The van der Waals surface area contributed by atoms with Gasteiger partial charge >= 0.3 is 0 Å². The number of nitro benzene ring substituents is 1. The van der Waals surface area contributed by atoms with Crippen LogP contribution in [0.2, 0.25) is 0 Å². The van der Waals surface area contributed by atoms with Crippen LogP contribution in [-0.4, -0.2) is 29.9 Å². The van der Waals surface area contributed by atoms with E-state index in [0.717, 1.165) is 12.8 Å². The number of nitrogens with one attached hydrogen (secondary N) is 2. The Morgan fingerprint density at radius 3 is 2.64 bits per heavy atom. The molecule has 2 amide bonds. The van der Waals surface area contributed by atoms with Gasteiger partial charge < -0.3 is 15.4 Å². The maximum absolute atomic E-state index is 12.5. The van der Waals surface area contributed by atoms with E-state index in [0.29, 0.717) is 22.6 Å². The van der Waals surface area contributed by atoms with Crippen molar-refractivity contribution in [3.63, 3.8) is 0 Å². The Morgan fingerprint density at radius 2 is 1.96 bits per heavy atom. The van der Waals surface area contributed by atoms with Crippen LogP contribution in [0.25, 0.3) is 6.08 Å². The number of benzene rings is 2. The second kappa shape index (κ2) is 8.34. The summed E-state index contributed by atoms with van der Waals surface area (Å²) in [5, 5.41) is 16.6. The van der Waals surface area contributed by atoms with E-state index in [1.54, 1.807) is 36.4 Å².